The van der Waals surface area contributed by atoms with E-state index in [0.717, 1.165) is 0 Å². The number of hydrogen-bond donors (Lipinski definition) is 0. The Kier molecular flexibility index (Phi) is 6.48. The van der Waals surface area contributed by atoms with E-state index in [9.17, 15) is 9.59 Å². The Balaban J connectivity index is 2.17. The fourth-order valence-electron chi connectivity index (χ4n) is 1.63. The standard InChI is InChI=1S/C14H4Cl6O4/c15-5-1-7(17)11(8(18)2-5)13(21)23-24-14(22)12-9(19)3-6(16)4-10(12)20/h1-4H. The SMILES string of the molecule is O=C(OOC(=O)c1c(Cl)cc(Cl)cc1Cl)c1c(Cl)cc(Cl)cc1Cl. The molecule has 0 unspecified atom stereocenters. The smallest absolute Gasteiger partial charge is 0.241 e. The summed E-state index contributed by atoms with van der Waals surface area (Å²) in [6.07, 6.45) is 0. The van der Waals surface area contributed by atoms with Gasteiger partial charge < -0.3 is 0 Å². The van der Waals surface area contributed by atoms with Crippen LogP contribution in [0.15, 0.2) is 24.3 Å². The molecule has 10 heteroatoms. The molecule has 0 saturated carbocycles. The minimum atomic E-state index is -1.10. The van der Waals surface area contributed by atoms with Gasteiger partial charge in [0.05, 0.1) is 20.1 Å². The molecule has 0 heterocycles. The first-order valence-electron chi connectivity index (χ1n) is 5.93. The van der Waals surface area contributed by atoms with Crippen LogP contribution in [0, 0.1) is 0 Å². The van der Waals surface area contributed by atoms with Crippen molar-refractivity contribution in [2.45, 2.75) is 0 Å². The summed E-state index contributed by atoms with van der Waals surface area (Å²) in [6, 6.07) is 5.11. The van der Waals surface area contributed by atoms with E-state index in [2.05, 4.69) is 9.78 Å². The number of halogens is 6. The van der Waals surface area contributed by atoms with Crippen molar-refractivity contribution in [3.8, 4) is 0 Å². The first-order chi connectivity index (χ1) is 11.2. The van der Waals surface area contributed by atoms with E-state index < -0.39 is 11.9 Å². The lowest BCUT2D eigenvalue weighted by molar-refractivity contribution is -0.187. The Bertz CT molecular complexity index is 720. The number of carbonyl (C=O) groups excluding carboxylic acids is 2. The normalized spacial score (nSPS) is 10.4. The molecule has 0 N–H and O–H groups in total. The molecule has 24 heavy (non-hydrogen) atoms. The van der Waals surface area contributed by atoms with E-state index in [0.29, 0.717) is 0 Å². The third-order valence-electron chi connectivity index (χ3n) is 2.62. The van der Waals surface area contributed by atoms with E-state index in [4.69, 9.17) is 69.6 Å². The third kappa shape index (κ3) is 4.39. The van der Waals surface area contributed by atoms with Gasteiger partial charge in [0, 0.05) is 10.0 Å². The van der Waals surface area contributed by atoms with Crippen LogP contribution in [0.2, 0.25) is 30.1 Å². The number of benzene rings is 2. The highest BCUT2D eigenvalue weighted by Gasteiger charge is 2.23. The monoisotopic (exact) mass is 446 g/mol. The Labute approximate surface area is 166 Å². The summed E-state index contributed by atoms with van der Waals surface area (Å²) < 4.78 is 0. The molecule has 0 aliphatic heterocycles. The van der Waals surface area contributed by atoms with Crippen LogP contribution in [0.3, 0.4) is 0 Å². The second-order valence-electron chi connectivity index (χ2n) is 4.23. The summed E-state index contributed by atoms with van der Waals surface area (Å²) >= 11 is 34.9. The van der Waals surface area contributed by atoms with Crippen molar-refractivity contribution in [3.05, 3.63) is 65.5 Å². The van der Waals surface area contributed by atoms with Crippen LogP contribution in [0.4, 0.5) is 0 Å². The van der Waals surface area contributed by atoms with Crippen molar-refractivity contribution in [3.63, 3.8) is 0 Å². The largest absolute Gasteiger partial charge is 0.389 e. The summed E-state index contributed by atoms with van der Waals surface area (Å²) in [6.45, 7) is 0. The summed E-state index contributed by atoms with van der Waals surface area (Å²) in [5, 5.41) is 0.149. The van der Waals surface area contributed by atoms with E-state index >= 15 is 0 Å². The molecule has 126 valence electrons. The predicted octanol–water partition coefficient (Wildman–Crippen LogP) is 6.54. The molecular formula is C14H4Cl6O4. The van der Waals surface area contributed by atoms with Gasteiger partial charge in [-0.3, -0.25) is 0 Å². The van der Waals surface area contributed by atoms with E-state index in [1.807, 2.05) is 0 Å². The molecule has 0 atom stereocenters. The maximum Gasteiger partial charge on any atom is 0.389 e. The summed E-state index contributed by atoms with van der Waals surface area (Å²) in [4.78, 5) is 32.8. The molecule has 0 aliphatic rings. The lowest BCUT2D eigenvalue weighted by Crippen LogP contribution is -2.13. The van der Waals surface area contributed by atoms with E-state index in [-0.39, 0.29) is 41.3 Å². The maximum absolute atomic E-state index is 12.0. The predicted molar refractivity (Wildman–Crippen MR) is 93.8 cm³/mol. The van der Waals surface area contributed by atoms with Crippen molar-refractivity contribution in [2.75, 3.05) is 0 Å². The van der Waals surface area contributed by atoms with Gasteiger partial charge in [-0.05, 0) is 24.3 Å². The van der Waals surface area contributed by atoms with Crippen LogP contribution in [0.5, 0.6) is 0 Å². The van der Waals surface area contributed by atoms with Gasteiger partial charge >= 0.3 is 11.9 Å². The molecule has 0 radical (unpaired) electrons. The van der Waals surface area contributed by atoms with Crippen LogP contribution >= 0.6 is 69.6 Å². The number of rotatable bonds is 2. The highest BCUT2D eigenvalue weighted by Crippen LogP contribution is 2.31. The second kappa shape index (κ2) is 8.00. The molecule has 0 aromatic heterocycles. The van der Waals surface area contributed by atoms with Gasteiger partial charge in [-0.25, -0.2) is 19.4 Å². The molecule has 2 aromatic rings. The van der Waals surface area contributed by atoms with Crippen LogP contribution in [-0.2, 0) is 9.78 Å². The van der Waals surface area contributed by atoms with Gasteiger partial charge in [0.2, 0.25) is 0 Å². The number of carbonyl (C=O) groups is 2. The second-order valence-corrected chi connectivity index (χ2v) is 6.73. The zero-order chi connectivity index (χ0) is 18.0. The lowest BCUT2D eigenvalue weighted by atomic mass is 10.2. The first-order valence-corrected chi connectivity index (χ1v) is 8.19. The molecule has 0 saturated heterocycles. The lowest BCUT2D eigenvalue weighted by Gasteiger charge is -2.08. The van der Waals surface area contributed by atoms with Gasteiger partial charge in [-0.15, -0.1) is 0 Å². The molecule has 0 bridgehead atoms. The van der Waals surface area contributed by atoms with Gasteiger partial charge in [0.15, 0.2) is 0 Å². The van der Waals surface area contributed by atoms with Crippen LogP contribution < -0.4 is 0 Å². The average Bonchev–Trinajstić information content (AvgIpc) is 2.42. The fourth-order valence-corrected chi connectivity index (χ4v) is 3.58. The summed E-state index contributed by atoms with van der Waals surface area (Å²) in [5.41, 5.74) is -0.437. The average molecular weight is 449 g/mol. The summed E-state index contributed by atoms with van der Waals surface area (Å²) in [7, 11) is 0. The maximum atomic E-state index is 12.0. The minimum absolute atomic E-state index is 0.0730. The molecule has 0 aliphatic carbocycles. The molecule has 2 rings (SSSR count). The van der Waals surface area contributed by atoms with Gasteiger partial charge in [0.25, 0.3) is 0 Å². The van der Waals surface area contributed by atoms with Crippen LogP contribution in [-0.4, -0.2) is 11.9 Å². The molecule has 0 fully saturated rings. The van der Waals surface area contributed by atoms with Gasteiger partial charge in [0.1, 0.15) is 11.1 Å². The quantitative estimate of drug-likeness (QED) is 0.387. The Morgan fingerprint density at radius 1 is 0.583 bits per heavy atom. The number of hydrogen-bond acceptors (Lipinski definition) is 4. The van der Waals surface area contributed by atoms with Crippen molar-refractivity contribution < 1.29 is 19.4 Å². The van der Waals surface area contributed by atoms with Gasteiger partial charge in [-0.1, -0.05) is 69.6 Å². The van der Waals surface area contributed by atoms with Crippen molar-refractivity contribution in [2.24, 2.45) is 0 Å². The summed E-state index contributed by atoms with van der Waals surface area (Å²) in [5.74, 6) is -2.20. The van der Waals surface area contributed by atoms with E-state index in [1.54, 1.807) is 0 Å². The van der Waals surface area contributed by atoms with Crippen molar-refractivity contribution in [1.82, 2.24) is 0 Å². The van der Waals surface area contributed by atoms with Crippen LogP contribution in [0.25, 0.3) is 0 Å². The first kappa shape index (κ1) is 19.4. The molecule has 2 aromatic carbocycles. The van der Waals surface area contributed by atoms with Gasteiger partial charge in [-0.2, -0.15) is 0 Å². The minimum Gasteiger partial charge on any atom is -0.241 e. The molecule has 0 spiro atoms. The highest BCUT2D eigenvalue weighted by atomic mass is 35.5. The van der Waals surface area contributed by atoms with E-state index in [1.165, 1.54) is 24.3 Å². The Hall–Kier alpha value is -0.880. The fraction of sp³-hybridized carbons (Fsp3) is 0. The zero-order valence-electron chi connectivity index (χ0n) is 11.2. The zero-order valence-corrected chi connectivity index (χ0v) is 15.7. The van der Waals surface area contributed by atoms with Crippen molar-refractivity contribution in [1.29, 1.82) is 0 Å². The Morgan fingerprint density at radius 2 is 0.833 bits per heavy atom. The highest BCUT2D eigenvalue weighted by molar-refractivity contribution is 6.42. The third-order valence-corrected chi connectivity index (χ3v) is 4.24. The topological polar surface area (TPSA) is 52.6 Å². The Morgan fingerprint density at radius 3 is 1.08 bits per heavy atom. The molecule has 0 amide bonds. The van der Waals surface area contributed by atoms with Crippen LogP contribution in [0.1, 0.15) is 20.7 Å². The van der Waals surface area contributed by atoms with Crippen molar-refractivity contribution >= 4 is 81.5 Å². The molecular weight excluding hydrogens is 445 g/mol. The molecule has 4 nitrogen and oxygen atoms in total.